The van der Waals surface area contributed by atoms with Crippen LogP contribution in [0.25, 0.3) is 11.1 Å². The van der Waals surface area contributed by atoms with Gasteiger partial charge in [-0.05, 0) is 43.2 Å². The number of hydrogen-bond acceptors (Lipinski definition) is 6. The van der Waals surface area contributed by atoms with Crippen LogP contribution >= 0.6 is 62.3 Å². The van der Waals surface area contributed by atoms with Crippen LogP contribution in [-0.4, -0.2) is 40.9 Å². The van der Waals surface area contributed by atoms with E-state index in [2.05, 4.69) is 21.2 Å². The van der Waals surface area contributed by atoms with Crippen molar-refractivity contribution >= 4 is 62.3 Å². The molecule has 0 saturated heterocycles. The molecule has 0 bridgehead atoms. The Kier molecular flexibility index (Phi) is 13.5. The van der Waals surface area contributed by atoms with E-state index < -0.39 is 5.54 Å². The maximum atomic E-state index is 9.74. The highest BCUT2D eigenvalue weighted by Gasteiger charge is 2.23. The topological polar surface area (TPSA) is 80.2 Å². The summed E-state index contributed by atoms with van der Waals surface area (Å²) in [6.07, 6.45) is 0.853. The molecule has 4 rings (SSSR count). The fourth-order valence-electron chi connectivity index (χ4n) is 4.34. The Morgan fingerprint density at radius 2 is 1.42 bits per heavy atom. The van der Waals surface area contributed by atoms with Gasteiger partial charge in [0.1, 0.15) is 30.5 Å². The van der Waals surface area contributed by atoms with Crippen molar-refractivity contribution in [2.45, 2.75) is 38.6 Å². The van der Waals surface area contributed by atoms with Crippen molar-refractivity contribution < 1.29 is 24.4 Å². The van der Waals surface area contributed by atoms with E-state index in [1.165, 1.54) is 0 Å². The maximum Gasteiger partial charge on any atom is 0.142 e. The molecule has 0 heterocycles. The molecule has 0 spiro atoms. The molecular weight excluding hydrogens is 724 g/mol. The second-order valence-corrected chi connectivity index (χ2v) is 13.0. The summed E-state index contributed by atoms with van der Waals surface area (Å²) in [6.45, 7) is 2.41. The molecule has 0 aliphatic heterocycles. The van der Waals surface area contributed by atoms with Gasteiger partial charge in [0.2, 0.25) is 0 Å². The Balaban J connectivity index is 1.58. The quantitative estimate of drug-likeness (QED) is 0.0782. The Hall–Kier alpha value is -2.20. The monoisotopic (exact) mass is 755 g/mol. The summed E-state index contributed by atoms with van der Waals surface area (Å²) in [5.74, 6) is 1.51. The molecule has 6 nitrogen and oxygen atoms in total. The molecule has 240 valence electrons. The van der Waals surface area contributed by atoms with Crippen LogP contribution in [0.3, 0.4) is 0 Å². The average Bonchev–Trinajstić information content (AvgIpc) is 3.04. The number of alkyl halides is 1. The molecule has 0 unspecified atom stereocenters. The predicted octanol–water partition coefficient (Wildman–Crippen LogP) is 9.12. The highest BCUT2D eigenvalue weighted by Crippen LogP contribution is 2.40. The van der Waals surface area contributed by atoms with Crippen molar-refractivity contribution in [3.8, 4) is 28.4 Å². The van der Waals surface area contributed by atoms with E-state index >= 15 is 0 Å². The van der Waals surface area contributed by atoms with Gasteiger partial charge in [-0.2, -0.15) is 0 Å². The van der Waals surface area contributed by atoms with Crippen LogP contribution in [0.5, 0.6) is 17.2 Å². The third-order valence-corrected chi connectivity index (χ3v) is 8.98. The number of hydrogen-bond donors (Lipinski definition) is 3. The molecule has 0 aromatic heterocycles. The van der Waals surface area contributed by atoms with E-state index in [4.69, 9.17) is 60.6 Å². The number of ether oxygens (including phenoxy) is 3. The zero-order chi connectivity index (χ0) is 32.4. The van der Waals surface area contributed by atoms with Gasteiger partial charge < -0.3 is 29.7 Å². The van der Waals surface area contributed by atoms with Crippen molar-refractivity contribution in [1.29, 1.82) is 0 Å². The SMILES string of the molecule is CC(CO)(CO)NCc1cc(Cl)c(OCc2cccc(-c3cccc(OCCCBr)c3Cl)c2Cl)cc1OCc1cccc(Cl)c1. The number of aliphatic hydroxyl groups is 2. The van der Waals surface area contributed by atoms with Crippen LogP contribution in [-0.2, 0) is 19.8 Å². The maximum absolute atomic E-state index is 9.74. The van der Waals surface area contributed by atoms with Gasteiger partial charge in [-0.3, -0.25) is 0 Å². The smallest absolute Gasteiger partial charge is 0.142 e. The summed E-state index contributed by atoms with van der Waals surface area (Å²) in [6, 6.07) is 22.1. The minimum atomic E-state index is -0.893. The minimum absolute atomic E-state index is 0.129. The molecule has 0 fully saturated rings. The highest BCUT2D eigenvalue weighted by molar-refractivity contribution is 9.09. The Bertz CT molecular complexity index is 1580. The van der Waals surface area contributed by atoms with Crippen LogP contribution in [0, 0.1) is 0 Å². The van der Waals surface area contributed by atoms with E-state index in [9.17, 15) is 10.2 Å². The van der Waals surface area contributed by atoms with E-state index in [1.807, 2.05) is 54.6 Å². The lowest BCUT2D eigenvalue weighted by molar-refractivity contribution is 0.103. The molecule has 4 aromatic rings. The highest BCUT2D eigenvalue weighted by atomic mass is 79.9. The summed E-state index contributed by atoms with van der Waals surface area (Å²) < 4.78 is 18.2. The number of aliphatic hydroxyl groups excluding tert-OH is 2. The van der Waals surface area contributed by atoms with Crippen LogP contribution in [0.15, 0.2) is 72.8 Å². The first kappa shape index (κ1) is 35.7. The van der Waals surface area contributed by atoms with E-state index in [0.717, 1.165) is 39.6 Å². The van der Waals surface area contributed by atoms with Crippen molar-refractivity contribution in [2.24, 2.45) is 0 Å². The normalized spacial score (nSPS) is 11.5. The van der Waals surface area contributed by atoms with Crippen LogP contribution in [0.1, 0.15) is 30.0 Å². The number of rotatable bonds is 16. The van der Waals surface area contributed by atoms with E-state index in [0.29, 0.717) is 43.9 Å². The summed E-state index contributed by atoms with van der Waals surface area (Å²) in [7, 11) is 0. The minimum Gasteiger partial charge on any atom is -0.492 e. The van der Waals surface area contributed by atoms with Crippen molar-refractivity contribution in [3.63, 3.8) is 0 Å². The van der Waals surface area contributed by atoms with Gasteiger partial charge in [0.05, 0.1) is 40.4 Å². The van der Waals surface area contributed by atoms with Gasteiger partial charge >= 0.3 is 0 Å². The third-order valence-electron chi connectivity index (χ3n) is 7.05. The van der Waals surface area contributed by atoms with E-state index in [1.54, 1.807) is 25.1 Å². The molecule has 4 aromatic carbocycles. The van der Waals surface area contributed by atoms with Gasteiger partial charge in [-0.15, -0.1) is 0 Å². The third kappa shape index (κ3) is 9.66. The van der Waals surface area contributed by atoms with Crippen molar-refractivity contribution in [3.05, 3.63) is 110 Å². The standard InChI is InChI=1S/C34H34BrCl4NO5/c1-34(20-41,21-42)40-17-24-15-28(37)31(16-30(24)44-18-22-6-2-8-25(36)14-22)45-19-23-7-3-9-26(32(23)38)27-10-4-11-29(33(27)39)43-13-5-12-35/h2-4,6-11,14-16,40-42H,5,12-13,17-21H2,1H3. The summed E-state index contributed by atoms with van der Waals surface area (Å²) in [4.78, 5) is 0. The second kappa shape index (κ2) is 17.1. The summed E-state index contributed by atoms with van der Waals surface area (Å²) in [5, 5.41) is 25.4. The lowest BCUT2D eigenvalue weighted by Crippen LogP contribution is -2.48. The summed E-state index contributed by atoms with van der Waals surface area (Å²) >= 11 is 29.9. The Morgan fingerprint density at radius 1 is 0.733 bits per heavy atom. The van der Waals surface area contributed by atoms with Gasteiger partial charge in [0.25, 0.3) is 0 Å². The largest absolute Gasteiger partial charge is 0.492 e. The molecule has 3 N–H and O–H groups in total. The lowest BCUT2D eigenvalue weighted by atomic mass is 10.0. The van der Waals surface area contributed by atoms with Gasteiger partial charge in [0, 0.05) is 45.2 Å². The molecule has 45 heavy (non-hydrogen) atoms. The van der Waals surface area contributed by atoms with Crippen LogP contribution < -0.4 is 19.5 Å². The first-order valence-corrected chi connectivity index (χ1v) is 16.9. The van der Waals surface area contributed by atoms with E-state index in [-0.39, 0.29) is 33.0 Å². The molecule has 11 heteroatoms. The lowest BCUT2D eigenvalue weighted by Gasteiger charge is -2.27. The molecule has 0 atom stereocenters. The van der Waals surface area contributed by atoms with Crippen LogP contribution in [0.4, 0.5) is 0 Å². The number of halogens is 5. The molecular formula is C34H34BrCl4NO5. The summed E-state index contributed by atoms with van der Waals surface area (Å²) in [5.41, 5.74) is 2.95. The second-order valence-electron chi connectivity index (χ2n) is 10.6. The zero-order valence-corrected chi connectivity index (χ0v) is 29.2. The Labute approximate surface area is 292 Å². The van der Waals surface area contributed by atoms with Crippen LogP contribution in [0.2, 0.25) is 20.1 Å². The number of benzene rings is 4. The van der Waals surface area contributed by atoms with Crippen molar-refractivity contribution in [1.82, 2.24) is 5.32 Å². The Morgan fingerprint density at radius 3 is 2.13 bits per heavy atom. The molecule has 0 radical (unpaired) electrons. The molecule has 0 saturated carbocycles. The first-order valence-electron chi connectivity index (χ1n) is 14.2. The molecule has 0 amide bonds. The fraction of sp³-hybridized carbons (Fsp3) is 0.294. The zero-order valence-electron chi connectivity index (χ0n) is 24.6. The van der Waals surface area contributed by atoms with Gasteiger partial charge in [-0.1, -0.05) is 105 Å². The fourth-order valence-corrected chi connectivity index (χ4v) is 5.59. The molecule has 0 aliphatic rings. The average molecular weight is 758 g/mol. The predicted molar refractivity (Wildman–Crippen MR) is 187 cm³/mol. The van der Waals surface area contributed by atoms with Crippen molar-refractivity contribution in [2.75, 3.05) is 25.2 Å². The van der Waals surface area contributed by atoms with Gasteiger partial charge in [-0.25, -0.2) is 0 Å². The van der Waals surface area contributed by atoms with Gasteiger partial charge in [0.15, 0.2) is 0 Å². The number of nitrogens with one attached hydrogen (secondary N) is 1. The molecule has 0 aliphatic carbocycles. The first-order chi connectivity index (χ1) is 21.7.